The van der Waals surface area contributed by atoms with E-state index in [1.54, 1.807) is 0 Å². The predicted octanol–water partition coefficient (Wildman–Crippen LogP) is 0.744. The Morgan fingerprint density at radius 1 is 0.586 bits per heavy atom. The van der Waals surface area contributed by atoms with Crippen molar-refractivity contribution < 1.29 is 48.0 Å². The fourth-order valence-electron chi connectivity index (χ4n) is 4.24. The van der Waals surface area contributed by atoms with Gasteiger partial charge >= 0.3 is 23.9 Å². The van der Waals surface area contributed by atoms with Crippen molar-refractivity contribution in [1.82, 2.24) is 0 Å². The van der Waals surface area contributed by atoms with Crippen LogP contribution in [0.1, 0.15) is 25.7 Å². The van der Waals surface area contributed by atoms with Crippen LogP contribution in [-0.4, -0.2) is 74.0 Å². The molecule has 2 rings (SSSR count). The van der Waals surface area contributed by atoms with E-state index in [1.807, 2.05) is 0 Å². The Balaban J connectivity index is 2.35. The summed E-state index contributed by atoms with van der Waals surface area (Å²) < 4.78 is 26.4. The van der Waals surface area contributed by atoms with Crippen LogP contribution in [0.2, 0.25) is 0 Å². The van der Waals surface area contributed by atoms with Gasteiger partial charge in [-0.2, -0.15) is 0 Å². The molecule has 13 heteroatoms. The number of alkyl halides is 2. The highest BCUT2D eigenvalue weighted by molar-refractivity contribution is 7.92. The fourth-order valence-corrected chi connectivity index (χ4v) is 8.13. The van der Waals surface area contributed by atoms with Crippen LogP contribution in [0.3, 0.4) is 0 Å². The Bertz CT molecular complexity index is 753. The molecule has 0 aromatic carbocycles. The van der Waals surface area contributed by atoms with Crippen LogP contribution in [0.4, 0.5) is 0 Å². The van der Waals surface area contributed by atoms with E-state index in [2.05, 4.69) is 0 Å². The maximum atomic E-state index is 13.2. The first-order chi connectivity index (χ1) is 13.3. The number of sulfone groups is 1. The van der Waals surface area contributed by atoms with E-state index in [9.17, 15) is 48.0 Å². The van der Waals surface area contributed by atoms with Gasteiger partial charge in [-0.1, -0.05) is 0 Å². The zero-order valence-corrected chi connectivity index (χ0v) is 17.2. The summed E-state index contributed by atoms with van der Waals surface area (Å²) >= 11 is 12.3. The lowest BCUT2D eigenvalue weighted by atomic mass is 9.78. The highest BCUT2D eigenvalue weighted by atomic mass is 35.5. The SMILES string of the molecule is O=C(O)[C@H]1C[C@@H](S(=O)(=O)[C@@H]2C[C@@H](C(=O)O)[C@H](C(=O)O)C[C@@H]2Cl)[C@@H](Cl)C[C@H]1C(=O)O. The molecule has 0 bridgehead atoms. The Hall–Kier alpha value is -1.59. The average molecular weight is 475 g/mol. The molecular formula is C16H20Cl2O10S. The zero-order valence-electron chi connectivity index (χ0n) is 14.8. The number of carboxylic acid groups (broad SMARTS) is 4. The monoisotopic (exact) mass is 474 g/mol. The van der Waals surface area contributed by atoms with Gasteiger partial charge in [-0.15, -0.1) is 23.2 Å². The third-order valence-corrected chi connectivity index (χ3v) is 9.82. The molecule has 29 heavy (non-hydrogen) atoms. The molecule has 0 saturated heterocycles. The van der Waals surface area contributed by atoms with Gasteiger partial charge in [-0.05, 0) is 25.7 Å². The first-order valence-corrected chi connectivity index (χ1v) is 11.2. The van der Waals surface area contributed by atoms with Gasteiger partial charge in [-0.25, -0.2) is 8.42 Å². The van der Waals surface area contributed by atoms with Crippen molar-refractivity contribution in [2.45, 2.75) is 46.9 Å². The van der Waals surface area contributed by atoms with Crippen molar-refractivity contribution in [2.75, 3.05) is 0 Å². The van der Waals surface area contributed by atoms with Gasteiger partial charge in [0, 0.05) is 0 Å². The van der Waals surface area contributed by atoms with Gasteiger partial charge in [0.2, 0.25) is 0 Å². The third-order valence-electron chi connectivity index (χ3n) is 5.82. The molecule has 0 unspecified atom stereocenters. The van der Waals surface area contributed by atoms with E-state index in [-0.39, 0.29) is 0 Å². The largest absolute Gasteiger partial charge is 0.481 e. The lowest BCUT2D eigenvalue weighted by Gasteiger charge is -2.40. The van der Waals surface area contributed by atoms with E-state index in [4.69, 9.17) is 23.2 Å². The van der Waals surface area contributed by atoms with Crippen molar-refractivity contribution in [2.24, 2.45) is 23.7 Å². The standard InChI is InChI=1S/C16H20Cl2O10S/c17-9-1-5(13(19)20)7(15(23)24)3-11(9)29(27,28)12-4-8(16(25)26)6(14(21)22)2-10(12)18/h5-12H,1-4H2,(H,19,20)(H,21,22)(H,23,24)(H,25,26)/t5-,6-,7-,8+,9+,10+,11-,12-/m1/s1. The van der Waals surface area contributed by atoms with Crippen LogP contribution < -0.4 is 0 Å². The normalized spacial score (nSPS) is 38.1. The van der Waals surface area contributed by atoms with Crippen LogP contribution in [0.15, 0.2) is 0 Å². The number of hydrogen-bond donors (Lipinski definition) is 4. The van der Waals surface area contributed by atoms with E-state index in [0.717, 1.165) is 0 Å². The Kier molecular flexibility index (Phi) is 7.06. The number of rotatable bonds is 6. The lowest BCUT2D eigenvalue weighted by Crippen LogP contribution is -2.53. The van der Waals surface area contributed by atoms with Gasteiger partial charge in [0.15, 0.2) is 9.84 Å². The van der Waals surface area contributed by atoms with Crippen molar-refractivity contribution in [3.63, 3.8) is 0 Å². The Morgan fingerprint density at radius 3 is 1.07 bits per heavy atom. The van der Waals surface area contributed by atoms with E-state index < -0.39 is 104 Å². The van der Waals surface area contributed by atoms with Crippen LogP contribution >= 0.6 is 23.2 Å². The van der Waals surface area contributed by atoms with Crippen LogP contribution in [0.25, 0.3) is 0 Å². The second-order valence-corrected chi connectivity index (χ2v) is 10.9. The minimum atomic E-state index is -4.29. The number of aliphatic carboxylic acids is 4. The molecule has 8 atom stereocenters. The lowest BCUT2D eigenvalue weighted by molar-refractivity contribution is -0.155. The number of carbonyl (C=O) groups is 4. The Morgan fingerprint density at radius 2 is 0.828 bits per heavy atom. The van der Waals surface area contributed by atoms with Crippen molar-refractivity contribution in [3.8, 4) is 0 Å². The highest BCUT2D eigenvalue weighted by Crippen LogP contribution is 2.43. The van der Waals surface area contributed by atoms with Gasteiger partial charge in [-0.3, -0.25) is 19.2 Å². The first kappa shape index (κ1) is 23.7. The Labute approximate surface area is 175 Å². The highest BCUT2D eigenvalue weighted by Gasteiger charge is 2.54. The summed E-state index contributed by atoms with van der Waals surface area (Å²) in [6.07, 6.45) is -1.89. The van der Waals surface area contributed by atoms with E-state index in [1.165, 1.54) is 0 Å². The summed E-state index contributed by atoms with van der Waals surface area (Å²) in [5.74, 6) is -11.4. The molecule has 2 saturated carbocycles. The molecule has 2 fully saturated rings. The van der Waals surface area contributed by atoms with Crippen molar-refractivity contribution >= 4 is 56.9 Å². The van der Waals surface area contributed by atoms with Gasteiger partial charge < -0.3 is 20.4 Å². The molecule has 0 aromatic heterocycles. The molecule has 164 valence electrons. The molecule has 2 aliphatic carbocycles. The first-order valence-electron chi connectivity index (χ1n) is 8.71. The molecule has 4 N–H and O–H groups in total. The van der Waals surface area contributed by atoms with Crippen molar-refractivity contribution in [1.29, 1.82) is 0 Å². The molecular weight excluding hydrogens is 455 g/mol. The maximum absolute atomic E-state index is 13.2. The minimum absolute atomic E-state index is 0.391. The summed E-state index contributed by atoms with van der Waals surface area (Å²) in [5, 5.41) is 31.8. The average Bonchev–Trinajstić information content (AvgIpc) is 2.59. The molecule has 0 aliphatic heterocycles. The molecule has 0 radical (unpaired) electrons. The number of hydrogen-bond acceptors (Lipinski definition) is 6. The second kappa shape index (κ2) is 8.65. The summed E-state index contributed by atoms with van der Waals surface area (Å²) in [4.78, 5) is 45.6. The van der Waals surface area contributed by atoms with E-state index >= 15 is 0 Å². The van der Waals surface area contributed by atoms with Gasteiger partial charge in [0.1, 0.15) is 0 Å². The van der Waals surface area contributed by atoms with E-state index in [0.29, 0.717) is 0 Å². The van der Waals surface area contributed by atoms with Crippen LogP contribution in [0.5, 0.6) is 0 Å². The summed E-state index contributed by atoms with van der Waals surface area (Å²) in [5.41, 5.74) is 0. The molecule has 0 aromatic rings. The number of halogens is 2. The smallest absolute Gasteiger partial charge is 0.307 e. The topological polar surface area (TPSA) is 183 Å². The molecule has 0 amide bonds. The zero-order chi connectivity index (χ0) is 22.3. The third kappa shape index (κ3) is 4.61. The summed E-state index contributed by atoms with van der Waals surface area (Å²) in [6.45, 7) is 0. The summed E-state index contributed by atoms with van der Waals surface area (Å²) in [6, 6.07) is 0. The molecule has 2 aliphatic rings. The van der Waals surface area contributed by atoms with Crippen LogP contribution in [-0.2, 0) is 29.0 Å². The number of carboxylic acids is 4. The minimum Gasteiger partial charge on any atom is -0.481 e. The fraction of sp³-hybridized carbons (Fsp3) is 0.750. The predicted molar refractivity (Wildman–Crippen MR) is 98.7 cm³/mol. The van der Waals surface area contributed by atoms with Crippen LogP contribution in [0, 0.1) is 23.7 Å². The quantitative estimate of drug-likeness (QED) is 0.400. The van der Waals surface area contributed by atoms with Crippen molar-refractivity contribution in [3.05, 3.63) is 0 Å². The second-order valence-electron chi connectivity index (χ2n) is 7.42. The molecule has 0 heterocycles. The molecule has 10 nitrogen and oxygen atoms in total. The van der Waals surface area contributed by atoms with Gasteiger partial charge in [0.25, 0.3) is 0 Å². The maximum Gasteiger partial charge on any atom is 0.307 e. The molecule has 0 spiro atoms. The summed E-state index contributed by atoms with van der Waals surface area (Å²) in [7, 11) is -4.29. The van der Waals surface area contributed by atoms with Gasteiger partial charge in [0.05, 0.1) is 44.9 Å².